The molecular formula is C23H23N3O6. The van der Waals surface area contributed by atoms with Crippen LogP contribution in [0.15, 0.2) is 42.7 Å². The van der Waals surface area contributed by atoms with Crippen LogP contribution >= 0.6 is 0 Å². The Balaban J connectivity index is 1.17. The van der Waals surface area contributed by atoms with Crippen LogP contribution in [0.5, 0.6) is 23.1 Å². The molecule has 9 nitrogen and oxygen atoms in total. The molecule has 2 aliphatic heterocycles. The summed E-state index contributed by atoms with van der Waals surface area (Å²) in [6.07, 6.45) is 2.30. The van der Waals surface area contributed by atoms with E-state index in [1.807, 2.05) is 36.4 Å². The van der Waals surface area contributed by atoms with Crippen molar-refractivity contribution in [3.05, 3.63) is 42.7 Å². The van der Waals surface area contributed by atoms with Crippen LogP contribution < -0.4 is 23.8 Å². The normalized spacial score (nSPS) is 17.3. The summed E-state index contributed by atoms with van der Waals surface area (Å²) in [6, 6.07) is 11.0. The largest absolute Gasteiger partial charge is 0.497 e. The van der Waals surface area contributed by atoms with Crippen molar-refractivity contribution in [1.82, 2.24) is 9.97 Å². The number of anilines is 1. The van der Waals surface area contributed by atoms with Crippen molar-refractivity contribution in [3.63, 3.8) is 0 Å². The minimum absolute atomic E-state index is 0.207. The number of rotatable bonds is 7. The van der Waals surface area contributed by atoms with Gasteiger partial charge in [-0.15, -0.1) is 0 Å². The van der Waals surface area contributed by atoms with Gasteiger partial charge in [0.15, 0.2) is 11.5 Å². The van der Waals surface area contributed by atoms with Crippen molar-refractivity contribution >= 4 is 22.7 Å². The van der Waals surface area contributed by atoms with Crippen molar-refractivity contribution in [2.75, 3.05) is 38.4 Å². The lowest BCUT2D eigenvalue weighted by atomic mass is 10.2. The van der Waals surface area contributed by atoms with Gasteiger partial charge < -0.3 is 23.7 Å². The van der Waals surface area contributed by atoms with Gasteiger partial charge >= 0.3 is 6.09 Å². The lowest BCUT2D eigenvalue weighted by Crippen LogP contribution is -2.25. The van der Waals surface area contributed by atoms with Gasteiger partial charge in [0.2, 0.25) is 5.88 Å². The number of aromatic nitrogens is 2. The maximum atomic E-state index is 12.4. The zero-order valence-electron chi connectivity index (χ0n) is 17.7. The van der Waals surface area contributed by atoms with Crippen LogP contribution in [0.3, 0.4) is 0 Å². The molecule has 32 heavy (non-hydrogen) atoms. The Labute approximate surface area is 184 Å². The molecule has 1 aromatic heterocycles. The molecule has 3 heterocycles. The summed E-state index contributed by atoms with van der Waals surface area (Å²) in [5.74, 6) is 2.56. The number of hydrogen-bond acceptors (Lipinski definition) is 8. The molecule has 0 radical (unpaired) electrons. The zero-order valence-corrected chi connectivity index (χ0v) is 17.7. The number of cyclic esters (lactones) is 1. The second-order valence-corrected chi connectivity index (χ2v) is 7.50. The highest BCUT2D eigenvalue weighted by Crippen LogP contribution is 2.35. The van der Waals surface area contributed by atoms with Crippen molar-refractivity contribution in [2.24, 2.45) is 0 Å². The van der Waals surface area contributed by atoms with E-state index >= 15 is 0 Å². The highest BCUT2D eigenvalue weighted by atomic mass is 16.6. The first-order valence-corrected chi connectivity index (χ1v) is 10.5. The van der Waals surface area contributed by atoms with Gasteiger partial charge in [-0.05, 0) is 43.2 Å². The summed E-state index contributed by atoms with van der Waals surface area (Å²) >= 11 is 0. The highest BCUT2D eigenvalue weighted by molar-refractivity contribution is 5.90. The van der Waals surface area contributed by atoms with Crippen molar-refractivity contribution in [1.29, 1.82) is 0 Å². The average molecular weight is 437 g/mol. The van der Waals surface area contributed by atoms with E-state index in [1.54, 1.807) is 12.0 Å². The molecule has 166 valence electrons. The monoisotopic (exact) mass is 437 g/mol. The number of hydrogen-bond donors (Lipinski definition) is 0. The van der Waals surface area contributed by atoms with E-state index in [2.05, 4.69) is 9.97 Å². The van der Waals surface area contributed by atoms with E-state index in [1.165, 1.54) is 6.33 Å². The number of carbonyl (C=O) groups excluding carboxylic acids is 1. The Hall–Kier alpha value is -3.75. The van der Waals surface area contributed by atoms with Gasteiger partial charge in [0.1, 0.15) is 31.4 Å². The van der Waals surface area contributed by atoms with E-state index in [9.17, 15) is 4.79 Å². The summed E-state index contributed by atoms with van der Waals surface area (Å²) < 4.78 is 27.9. The Morgan fingerprint density at radius 2 is 1.97 bits per heavy atom. The number of benzene rings is 2. The lowest BCUT2D eigenvalue weighted by Gasteiger charge is -2.21. The number of amides is 1. The van der Waals surface area contributed by atoms with E-state index in [4.69, 9.17) is 23.7 Å². The van der Waals surface area contributed by atoms with Crippen LogP contribution in [0.2, 0.25) is 0 Å². The molecule has 2 aromatic carbocycles. The number of nitrogens with zero attached hydrogens (tertiary/aromatic N) is 3. The smallest absolute Gasteiger partial charge is 0.414 e. The molecule has 1 amide bonds. The quantitative estimate of drug-likeness (QED) is 0.518. The van der Waals surface area contributed by atoms with Gasteiger partial charge in [-0.2, -0.15) is 0 Å². The minimum Gasteiger partial charge on any atom is -0.497 e. The number of carbonyl (C=O) groups is 1. The Kier molecular flexibility index (Phi) is 5.53. The van der Waals surface area contributed by atoms with E-state index < -0.39 is 0 Å². The molecule has 0 unspecified atom stereocenters. The van der Waals surface area contributed by atoms with Gasteiger partial charge in [0.25, 0.3) is 0 Å². The average Bonchev–Trinajstić information content (AvgIpc) is 3.21. The summed E-state index contributed by atoms with van der Waals surface area (Å²) in [4.78, 5) is 22.5. The molecule has 0 N–H and O–H groups in total. The molecule has 1 atom stereocenters. The summed E-state index contributed by atoms with van der Waals surface area (Å²) in [6.45, 7) is 1.95. The second-order valence-electron chi connectivity index (χ2n) is 7.50. The van der Waals surface area contributed by atoms with Crippen LogP contribution in [-0.4, -0.2) is 55.6 Å². The molecule has 1 saturated heterocycles. The van der Waals surface area contributed by atoms with Crippen molar-refractivity contribution < 1.29 is 28.5 Å². The first-order chi connectivity index (χ1) is 15.7. The fourth-order valence-corrected chi connectivity index (χ4v) is 3.82. The first kappa shape index (κ1) is 20.2. The highest BCUT2D eigenvalue weighted by Gasteiger charge is 2.32. The van der Waals surface area contributed by atoms with Gasteiger partial charge in [-0.25, -0.2) is 14.8 Å². The third kappa shape index (κ3) is 4.05. The first-order valence-electron chi connectivity index (χ1n) is 10.5. The topological polar surface area (TPSA) is 92.2 Å². The molecule has 3 aromatic rings. The van der Waals surface area contributed by atoms with Gasteiger partial charge in [0.05, 0.1) is 36.9 Å². The third-order valence-electron chi connectivity index (χ3n) is 5.43. The van der Waals surface area contributed by atoms with E-state index in [0.29, 0.717) is 62.3 Å². The Bertz CT molecular complexity index is 1140. The standard InChI is InChI=1S/C23H23N3O6/c1-28-16-5-6-19-18(12-16)22(25-14-24-19)31-8-2-3-17-13-26(23(27)32-17)15-4-7-20-21(11-15)30-10-9-29-20/h4-7,11-12,14,17H,2-3,8-10,13H2,1H3/t17-/m0/s1. The fourth-order valence-electron chi connectivity index (χ4n) is 3.82. The van der Waals surface area contributed by atoms with Crippen LogP contribution in [0.1, 0.15) is 12.8 Å². The predicted octanol–water partition coefficient (Wildman–Crippen LogP) is 3.59. The second kappa shape index (κ2) is 8.78. The van der Waals surface area contributed by atoms with Gasteiger partial charge in [-0.1, -0.05) is 0 Å². The number of ether oxygens (including phenoxy) is 5. The maximum absolute atomic E-state index is 12.4. The van der Waals surface area contributed by atoms with Crippen LogP contribution in [0.4, 0.5) is 10.5 Å². The molecule has 0 aliphatic carbocycles. The van der Waals surface area contributed by atoms with Crippen LogP contribution in [-0.2, 0) is 4.74 Å². The number of fused-ring (bicyclic) bond motifs is 2. The van der Waals surface area contributed by atoms with Crippen molar-refractivity contribution in [2.45, 2.75) is 18.9 Å². The van der Waals surface area contributed by atoms with Gasteiger partial charge in [-0.3, -0.25) is 4.90 Å². The van der Waals surface area contributed by atoms with Crippen LogP contribution in [0, 0.1) is 0 Å². The SMILES string of the molecule is COc1ccc2ncnc(OCCC[C@H]3CN(c4ccc5c(c4)OCCO5)C(=O)O3)c2c1. The van der Waals surface area contributed by atoms with Crippen LogP contribution in [0.25, 0.3) is 10.9 Å². The summed E-state index contributed by atoms with van der Waals surface area (Å²) in [7, 11) is 1.61. The van der Waals surface area contributed by atoms with E-state index in [-0.39, 0.29) is 12.2 Å². The molecule has 9 heteroatoms. The molecule has 0 spiro atoms. The summed E-state index contributed by atoms with van der Waals surface area (Å²) in [5, 5.41) is 0.795. The predicted molar refractivity (Wildman–Crippen MR) is 116 cm³/mol. The number of methoxy groups -OCH3 is 1. The Morgan fingerprint density at radius 3 is 2.84 bits per heavy atom. The maximum Gasteiger partial charge on any atom is 0.414 e. The molecule has 0 bridgehead atoms. The molecule has 1 fully saturated rings. The zero-order chi connectivity index (χ0) is 21.9. The molecule has 2 aliphatic rings. The fraction of sp³-hybridized carbons (Fsp3) is 0.348. The molecular weight excluding hydrogens is 414 g/mol. The minimum atomic E-state index is -0.360. The van der Waals surface area contributed by atoms with E-state index in [0.717, 1.165) is 16.6 Å². The lowest BCUT2D eigenvalue weighted by molar-refractivity contribution is 0.131. The van der Waals surface area contributed by atoms with Crippen molar-refractivity contribution in [3.8, 4) is 23.1 Å². The molecule has 0 saturated carbocycles. The van der Waals surface area contributed by atoms with Gasteiger partial charge in [0, 0.05) is 6.07 Å². The third-order valence-corrected chi connectivity index (χ3v) is 5.43. The summed E-state index contributed by atoms with van der Waals surface area (Å²) in [5.41, 5.74) is 1.52. The molecule has 5 rings (SSSR count). The Morgan fingerprint density at radius 1 is 1.09 bits per heavy atom.